The van der Waals surface area contributed by atoms with E-state index in [1.807, 2.05) is 35.9 Å². The molecule has 3 aliphatic rings. The first-order chi connectivity index (χ1) is 21.0. The highest BCUT2D eigenvalue weighted by Gasteiger charge is 2.46. The number of nitrogens with one attached hydrogen (secondary N) is 2. The van der Waals surface area contributed by atoms with Gasteiger partial charge < -0.3 is 15.2 Å². The Balaban J connectivity index is 1.20. The van der Waals surface area contributed by atoms with E-state index in [1.165, 1.54) is 0 Å². The number of fused-ring (bicyclic) bond motifs is 1. The molecule has 0 radical (unpaired) electrons. The summed E-state index contributed by atoms with van der Waals surface area (Å²) in [6.45, 7) is 5.36. The molecule has 1 unspecified atom stereocenters. The fraction of sp³-hybridized carbons (Fsp3) is 0.559. The first kappa shape index (κ1) is 30.3. The number of hydrogen-bond donors (Lipinski definition) is 2. The number of rotatable bonds is 9. The Morgan fingerprint density at radius 2 is 2.00 bits per heavy atom. The molecule has 0 spiro atoms. The van der Waals surface area contributed by atoms with E-state index in [-0.39, 0.29) is 41.4 Å². The maximum absolute atomic E-state index is 13.9. The first-order valence-corrected chi connectivity index (χ1v) is 15.7. The van der Waals surface area contributed by atoms with Gasteiger partial charge in [-0.15, -0.1) is 10.2 Å². The number of aromatic nitrogens is 4. The Bertz CT molecular complexity index is 1580. The number of halogens is 2. The molecule has 1 amide bonds. The zero-order valence-corrected chi connectivity index (χ0v) is 25.8. The van der Waals surface area contributed by atoms with Gasteiger partial charge in [0, 0.05) is 55.3 Å². The summed E-state index contributed by atoms with van der Waals surface area (Å²) in [6.07, 6.45) is 6.92. The van der Waals surface area contributed by atoms with Crippen LogP contribution < -0.4 is 10.6 Å². The van der Waals surface area contributed by atoms with E-state index in [4.69, 9.17) is 4.98 Å². The van der Waals surface area contributed by atoms with Gasteiger partial charge in [0.2, 0.25) is 5.92 Å². The predicted molar refractivity (Wildman–Crippen MR) is 163 cm³/mol. The summed E-state index contributed by atoms with van der Waals surface area (Å²) in [5.74, 6) is -2.05. The molecule has 0 saturated heterocycles. The Morgan fingerprint density at radius 1 is 1.18 bits per heavy atom. The first-order valence-electron chi connectivity index (χ1n) is 15.7. The minimum atomic E-state index is -2.57. The number of nitrogens with zero attached hydrogens (tertiary/aromatic N) is 5. The van der Waals surface area contributed by atoms with Crippen molar-refractivity contribution in [2.75, 3.05) is 11.9 Å². The molecule has 232 valence electrons. The summed E-state index contributed by atoms with van der Waals surface area (Å²) >= 11 is 0. The average Bonchev–Trinajstić information content (AvgIpc) is 3.51. The lowest BCUT2D eigenvalue weighted by Crippen LogP contribution is -2.43. The van der Waals surface area contributed by atoms with Crippen LogP contribution in [0.25, 0.3) is 0 Å². The fourth-order valence-electron chi connectivity index (χ4n) is 7.50. The fourth-order valence-corrected chi connectivity index (χ4v) is 7.50. The van der Waals surface area contributed by atoms with Crippen molar-refractivity contribution in [3.05, 3.63) is 70.6 Å². The molecule has 10 heteroatoms. The third kappa shape index (κ3) is 6.12. The average molecular weight is 602 g/mol. The maximum Gasteiger partial charge on any atom is 0.274 e. The SMILES string of the molecule is Cn1cnnc1CC1(c2cccc(NC(=O)c3cc(CNCC4CCCC(F)(F)C4)c4c(n3)C(C)(C)CC4)c2)CC(C#N)C1. The Hall–Kier alpha value is -3.71. The van der Waals surface area contributed by atoms with Gasteiger partial charge >= 0.3 is 0 Å². The molecule has 2 heterocycles. The molecule has 6 rings (SSSR count). The molecule has 2 N–H and O–H groups in total. The molecule has 2 fully saturated rings. The molecule has 1 atom stereocenters. The number of carbonyl (C=O) groups is 1. The highest BCUT2D eigenvalue weighted by Crippen LogP contribution is 2.50. The van der Waals surface area contributed by atoms with E-state index in [2.05, 4.69) is 46.8 Å². The van der Waals surface area contributed by atoms with Gasteiger partial charge in [0.15, 0.2) is 0 Å². The van der Waals surface area contributed by atoms with Gasteiger partial charge in [0.25, 0.3) is 5.91 Å². The summed E-state index contributed by atoms with van der Waals surface area (Å²) < 4.78 is 29.8. The molecule has 2 aromatic heterocycles. The van der Waals surface area contributed by atoms with E-state index < -0.39 is 5.92 Å². The Kier molecular flexibility index (Phi) is 8.03. The summed E-state index contributed by atoms with van der Waals surface area (Å²) in [5.41, 5.74) is 4.81. The molecular formula is C34H41F2N7O. The molecule has 3 aliphatic carbocycles. The number of anilines is 1. The lowest BCUT2D eigenvalue weighted by molar-refractivity contribution is -0.0520. The topological polar surface area (TPSA) is 109 Å². The normalized spacial score (nSPS) is 25.1. The molecule has 3 aromatic rings. The van der Waals surface area contributed by atoms with Crippen molar-refractivity contribution in [3.63, 3.8) is 0 Å². The second-order valence-corrected chi connectivity index (χ2v) is 13.9. The summed E-state index contributed by atoms with van der Waals surface area (Å²) in [5, 5.41) is 24.3. The largest absolute Gasteiger partial charge is 0.321 e. The van der Waals surface area contributed by atoms with Gasteiger partial charge in [-0.05, 0) is 85.9 Å². The van der Waals surface area contributed by atoms with Crippen LogP contribution in [0.1, 0.15) is 97.5 Å². The number of aryl methyl sites for hydroxylation is 1. The number of nitriles is 1. The van der Waals surface area contributed by atoms with Crippen LogP contribution in [0.2, 0.25) is 0 Å². The summed E-state index contributed by atoms with van der Waals surface area (Å²) in [7, 11) is 1.92. The molecule has 2 saturated carbocycles. The van der Waals surface area contributed by atoms with Crippen molar-refractivity contribution >= 4 is 11.6 Å². The van der Waals surface area contributed by atoms with Gasteiger partial charge in [-0.25, -0.2) is 13.8 Å². The van der Waals surface area contributed by atoms with E-state index in [0.717, 1.165) is 60.3 Å². The highest BCUT2D eigenvalue weighted by atomic mass is 19.3. The second kappa shape index (κ2) is 11.7. The van der Waals surface area contributed by atoms with Crippen molar-refractivity contribution in [3.8, 4) is 6.07 Å². The third-order valence-electron chi connectivity index (χ3n) is 10.1. The van der Waals surface area contributed by atoms with Crippen molar-refractivity contribution in [1.29, 1.82) is 5.26 Å². The van der Waals surface area contributed by atoms with Crippen LogP contribution in [0.4, 0.5) is 14.5 Å². The molecule has 0 aliphatic heterocycles. The van der Waals surface area contributed by atoms with Crippen LogP contribution in [-0.4, -0.2) is 38.1 Å². The second-order valence-electron chi connectivity index (χ2n) is 13.9. The third-order valence-corrected chi connectivity index (χ3v) is 10.1. The summed E-state index contributed by atoms with van der Waals surface area (Å²) in [4.78, 5) is 18.5. The van der Waals surface area contributed by atoms with Crippen LogP contribution in [0, 0.1) is 23.2 Å². The van der Waals surface area contributed by atoms with E-state index >= 15 is 0 Å². The van der Waals surface area contributed by atoms with Crippen molar-refractivity contribution in [2.45, 2.75) is 94.9 Å². The van der Waals surface area contributed by atoms with Crippen LogP contribution in [0.5, 0.6) is 0 Å². The van der Waals surface area contributed by atoms with Gasteiger partial charge in [-0.2, -0.15) is 5.26 Å². The maximum atomic E-state index is 13.9. The molecule has 44 heavy (non-hydrogen) atoms. The van der Waals surface area contributed by atoms with Crippen molar-refractivity contribution in [2.24, 2.45) is 18.9 Å². The standard InChI is InChI=1S/C34H41F2N7O/c1-32(2)11-9-27-24(20-38-19-22-6-5-10-34(35,36)16-22)12-28(41-30(27)32)31(44)40-26-8-4-7-25(13-26)33(14-23(15-33)18-37)17-29-42-39-21-43(29)3/h4,7-8,12-13,21-23,38H,5-6,9-11,14-17,19-20H2,1-3H3,(H,40,44). The summed E-state index contributed by atoms with van der Waals surface area (Å²) in [6, 6.07) is 12.1. The number of amides is 1. The van der Waals surface area contributed by atoms with Gasteiger partial charge in [0.05, 0.1) is 11.8 Å². The smallest absolute Gasteiger partial charge is 0.274 e. The van der Waals surface area contributed by atoms with Gasteiger partial charge in [0.1, 0.15) is 17.8 Å². The van der Waals surface area contributed by atoms with E-state index in [0.29, 0.717) is 37.3 Å². The number of alkyl halides is 2. The predicted octanol–water partition coefficient (Wildman–Crippen LogP) is 6.02. The minimum Gasteiger partial charge on any atom is -0.321 e. The van der Waals surface area contributed by atoms with Crippen LogP contribution in [-0.2, 0) is 37.3 Å². The number of benzene rings is 1. The monoisotopic (exact) mass is 601 g/mol. The lowest BCUT2D eigenvalue weighted by Gasteiger charge is -2.45. The van der Waals surface area contributed by atoms with Crippen molar-refractivity contribution < 1.29 is 13.6 Å². The molecule has 1 aromatic carbocycles. The minimum absolute atomic E-state index is 0.0120. The zero-order chi connectivity index (χ0) is 31.1. The van der Waals surface area contributed by atoms with Crippen molar-refractivity contribution in [1.82, 2.24) is 25.1 Å². The number of hydrogen-bond acceptors (Lipinski definition) is 6. The number of pyridine rings is 1. The van der Waals surface area contributed by atoms with E-state index in [1.54, 1.807) is 6.33 Å². The lowest BCUT2D eigenvalue weighted by atomic mass is 9.57. The Labute approximate surface area is 257 Å². The Morgan fingerprint density at radius 3 is 2.73 bits per heavy atom. The van der Waals surface area contributed by atoms with Gasteiger partial charge in [-0.1, -0.05) is 26.0 Å². The van der Waals surface area contributed by atoms with E-state index in [9.17, 15) is 18.8 Å². The zero-order valence-electron chi connectivity index (χ0n) is 25.8. The van der Waals surface area contributed by atoms with Crippen LogP contribution >= 0.6 is 0 Å². The number of carbonyl (C=O) groups excluding carboxylic acids is 1. The molecular weight excluding hydrogens is 560 g/mol. The molecule has 8 nitrogen and oxygen atoms in total. The van der Waals surface area contributed by atoms with Crippen LogP contribution in [0.3, 0.4) is 0 Å². The highest BCUT2D eigenvalue weighted by molar-refractivity contribution is 6.03. The van der Waals surface area contributed by atoms with Crippen LogP contribution in [0.15, 0.2) is 36.7 Å². The van der Waals surface area contributed by atoms with Gasteiger partial charge in [-0.3, -0.25) is 4.79 Å². The molecule has 0 bridgehead atoms. The quantitative estimate of drug-likeness (QED) is 0.311.